The predicted octanol–water partition coefficient (Wildman–Crippen LogP) is 5.23. The molecule has 0 aliphatic heterocycles. The van der Waals surface area contributed by atoms with Crippen molar-refractivity contribution in [1.82, 2.24) is 0 Å². The van der Waals surface area contributed by atoms with Crippen LogP contribution in [0.1, 0.15) is 25.7 Å². The summed E-state index contributed by atoms with van der Waals surface area (Å²) in [5.41, 5.74) is 1.06. The number of hydrogen-bond donors (Lipinski definition) is 0. The second kappa shape index (κ2) is 7.46. The summed E-state index contributed by atoms with van der Waals surface area (Å²) < 4.78 is 11.0. The molecule has 3 rings (SSSR count). The van der Waals surface area contributed by atoms with Gasteiger partial charge in [-0.3, -0.25) is 0 Å². The van der Waals surface area contributed by atoms with Crippen LogP contribution in [0.3, 0.4) is 0 Å². The smallest absolute Gasteiger partial charge is 0.336 e. The Kier molecular flexibility index (Phi) is 5.08. The molecule has 0 radical (unpaired) electrons. The lowest BCUT2D eigenvalue weighted by molar-refractivity contribution is -0.183. The lowest BCUT2D eigenvalue weighted by Gasteiger charge is -2.22. The molecule has 0 saturated heterocycles. The molecule has 3 aromatic carbocycles. The van der Waals surface area contributed by atoms with Crippen LogP contribution in [0, 0.1) is 0 Å². The van der Waals surface area contributed by atoms with Crippen LogP contribution in [0.15, 0.2) is 78.9 Å². The van der Waals surface area contributed by atoms with Gasteiger partial charge in [-0.15, -0.1) is 0 Å². The zero-order valence-corrected chi connectivity index (χ0v) is 15.3. The Balaban J connectivity index is 2.26. The molecule has 136 valence electrons. The second-order valence-corrected chi connectivity index (χ2v) is 6.44. The highest BCUT2D eigenvalue weighted by Crippen LogP contribution is 2.35. The molecule has 0 heterocycles. The molecule has 0 atom stereocenters. The van der Waals surface area contributed by atoms with Crippen LogP contribution >= 0.6 is 0 Å². The Morgan fingerprint density at radius 1 is 0.778 bits per heavy atom. The Labute approximate surface area is 157 Å². The fourth-order valence-electron chi connectivity index (χ4n) is 2.84. The number of hydrogen-bond acceptors (Lipinski definition) is 4. The molecule has 0 aliphatic carbocycles. The maximum atomic E-state index is 12.2. The summed E-state index contributed by atoms with van der Waals surface area (Å²) in [6, 6.07) is 17.4. The highest BCUT2D eigenvalue weighted by Gasteiger charge is 2.26. The maximum absolute atomic E-state index is 12.2. The van der Waals surface area contributed by atoms with Crippen LogP contribution in [0.5, 0.6) is 0 Å². The van der Waals surface area contributed by atoms with Crippen LogP contribution in [-0.2, 0) is 19.1 Å². The Morgan fingerprint density at radius 3 is 1.59 bits per heavy atom. The molecule has 0 aromatic heterocycles. The van der Waals surface area contributed by atoms with Crippen molar-refractivity contribution in [2.45, 2.75) is 20.1 Å². The molecular weight excluding hydrogens is 340 g/mol. The van der Waals surface area contributed by atoms with Gasteiger partial charge in [-0.2, -0.15) is 0 Å². The molecule has 0 unspecified atom stereocenters. The Hall–Kier alpha value is -3.40. The number of rotatable bonds is 5. The summed E-state index contributed by atoms with van der Waals surface area (Å²) in [5.74, 6) is -1.27. The van der Waals surface area contributed by atoms with Crippen molar-refractivity contribution in [2.75, 3.05) is 0 Å². The second-order valence-electron chi connectivity index (χ2n) is 6.44. The summed E-state index contributed by atoms with van der Waals surface area (Å²) >= 11 is 0. The summed E-state index contributed by atoms with van der Waals surface area (Å²) in [4.78, 5) is 24.4. The Morgan fingerprint density at radius 2 is 1.19 bits per heavy atom. The van der Waals surface area contributed by atoms with Gasteiger partial charge in [0.2, 0.25) is 0 Å². The van der Waals surface area contributed by atoms with Crippen molar-refractivity contribution in [2.24, 2.45) is 0 Å². The number of benzene rings is 3. The summed E-state index contributed by atoms with van der Waals surface area (Å²) in [7, 11) is 0. The van der Waals surface area contributed by atoms with Gasteiger partial charge in [0.15, 0.2) is 0 Å². The van der Waals surface area contributed by atoms with E-state index in [2.05, 4.69) is 13.2 Å². The van der Waals surface area contributed by atoms with Crippen molar-refractivity contribution in [3.05, 3.63) is 84.5 Å². The van der Waals surface area contributed by atoms with Gasteiger partial charge in [0, 0.05) is 16.7 Å². The van der Waals surface area contributed by atoms with E-state index in [4.69, 9.17) is 9.47 Å². The van der Waals surface area contributed by atoms with E-state index in [1.165, 1.54) is 0 Å². The third-order valence-corrected chi connectivity index (χ3v) is 4.17. The van der Waals surface area contributed by atoms with Gasteiger partial charge in [-0.05, 0) is 41.5 Å². The summed E-state index contributed by atoms with van der Waals surface area (Å²) in [5, 5.41) is 3.58. The first-order valence-electron chi connectivity index (χ1n) is 8.52. The van der Waals surface area contributed by atoms with Gasteiger partial charge < -0.3 is 9.47 Å². The van der Waals surface area contributed by atoms with Gasteiger partial charge >= 0.3 is 11.9 Å². The van der Waals surface area contributed by atoms with Crippen LogP contribution in [0.2, 0.25) is 0 Å². The number of carbonyl (C=O) groups is 2. The first-order chi connectivity index (χ1) is 12.9. The molecule has 4 nitrogen and oxygen atoms in total. The normalized spacial score (nSPS) is 10.8. The van der Waals surface area contributed by atoms with Crippen molar-refractivity contribution in [3.63, 3.8) is 0 Å². The van der Waals surface area contributed by atoms with E-state index in [1.807, 2.05) is 54.6 Å². The van der Waals surface area contributed by atoms with Crippen LogP contribution in [0.25, 0.3) is 21.5 Å². The third kappa shape index (κ3) is 3.75. The van der Waals surface area contributed by atoms with E-state index >= 15 is 0 Å². The van der Waals surface area contributed by atoms with Crippen LogP contribution in [0.4, 0.5) is 0 Å². The van der Waals surface area contributed by atoms with E-state index in [1.54, 1.807) is 13.8 Å². The number of esters is 2. The van der Waals surface area contributed by atoms with E-state index in [9.17, 15) is 9.59 Å². The van der Waals surface area contributed by atoms with E-state index in [0.717, 1.165) is 21.5 Å². The van der Waals surface area contributed by atoms with Gasteiger partial charge in [0.25, 0.3) is 6.29 Å². The van der Waals surface area contributed by atoms with E-state index in [0.29, 0.717) is 5.56 Å². The molecule has 0 aliphatic rings. The maximum Gasteiger partial charge on any atom is 0.336 e. The lowest BCUT2D eigenvalue weighted by atomic mass is 9.96. The van der Waals surface area contributed by atoms with Gasteiger partial charge in [0.1, 0.15) is 0 Å². The molecule has 3 aromatic rings. The largest absolute Gasteiger partial charge is 0.417 e. The number of fused-ring (bicyclic) bond motifs is 2. The van der Waals surface area contributed by atoms with Crippen molar-refractivity contribution >= 4 is 33.5 Å². The van der Waals surface area contributed by atoms with E-state index < -0.39 is 18.2 Å². The minimum Gasteiger partial charge on any atom is -0.417 e. The predicted molar refractivity (Wildman–Crippen MR) is 106 cm³/mol. The first kappa shape index (κ1) is 18.4. The quantitative estimate of drug-likeness (QED) is 0.271. The summed E-state index contributed by atoms with van der Waals surface area (Å²) in [6.45, 7) is 10.3. The fraction of sp³-hybridized carbons (Fsp3) is 0.130. The average molecular weight is 360 g/mol. The van der Waals surface area contributed by atoms with Gasteiger partial charge in [-0.1, -0.05) is 61.7 Å². The van der Waals surface area contributed by atoms with Crippen LogP contribution in [-0.4, -0.2) is 11.9 Å². The van der Waals surface area contributed by atoms with E-state index in [-0.39, 0.29) is 11.1 Å². The highest BCUT2D eigenvalue weighted by atomic mass is 16.7. The number of carbonyl (C=O) groups excluding carboxylic acids is 2. The SMILES string of the molecule is C=C(C)C(=O)OC(OC(=O)C(=C)C)c1c2ccccc2cc2ccccc12. The average Bonchev–Trinajstić information content (AvgIpc) is 2.65. The van der Waals surface area contributed by atoms with Gasteiger partial charge in [-0.25, -0.2) is 9.59 Å². The Bertz CT molecular complexity index is 996. The molecule has 0 saturated carbocycles. The molecule has 0 bridgehead atoms. The summed E-state index contributed by atoms with van der Waals surface area (Å²) in [6.07, 6.45) is -1.21. The third-order valence-electron chi connectivity index (χ3n) is 4.17. The lowest BCUT2D eigenvalue weighted by Crippen LogP contribution is -2.19. The molecular formula is C23H20O4. The topological polar surface area (TPSA) is 52.6 Å². The first-order valence-corrected chi connectivity index (χ1v) is 8.52. The minimum absolute atomic E-state index is 0.218. The zero-order valence-electron chi connectivity index (χ0n) is 15.3. The zero-order chi connectivity index (χ0) is 19.6. The van der Waals surface area contributed by atoms with Crippen molar-refractivity contribution in [3.8, 4) is 0 Å². The molecule has 0 N–H and O–H groups in total. The van der Waals surface area contributed by atoms with Crippen molar-refractivity contribution < 1.29 is 19.1 Å². The monoisotopic (exact) mass is 360 g/mol. The molecule has 4 heteroatoms. The van der Waals surface area contributed by atoms with Gasteiger partial charge in [0.05, 0.1) is 0 Å². The number of ether oxygens (including phenoxy) is 2. The molecule has 0 fully saturated rings. The van der Waals surface area contributed by atoms with Crippen molar-refractivity contribution in [1.29, 1.82) is 0 Å². The molecule has 0 amide bonds. The fourth-order valence-corrected chi connectivity index (χ4v) is 2.84. The minimum atomic E-state index is -1.21. The standard InChI is InChI=1S/C23H20O4/c1-14(2)21(24)26-23(27-22(25)15(3)4)20-18-11-7-5-9-16(18)13-17-10-6-8-12-19(17)20/h5-13,23H,1,3H2,2,4H3. The highest BCUT2D eigenvalue weighted by molar-refractivity contribution is 6.03. The molecule has 0 spiro atoms. The molecule has 27 heavy (non-hydrogen) atoms. The van der Waals surface area contributed by atoms with Crippen LogP contribution < -0.4 is 0 Å².